The van der Waals surface area contributed by atoms with Crippen LogP contribution in [0.25, 0.3) is 6.08 Å². The first-order valence-electron chi connectivity index (χ1n) is 7.22. The maximum absolute atomic E-state index is 12.1. The maximum Gasteiger partial charge on any atom is 0.246 e. The van der Waals surface area contributed by atoms with Crippen molar-refractivity contribution in [3.05, 3.63) is 53.9 Å². The second-order valence-corrected chi connectivity index (χ2v) is 4.96. The van der Waals surface area contributed by atoms with Crippen molar-refractivity contribution in [3.8, 4) is 5.75 Å². The van der Waals surface area contributed by atoms with Crippen molar-refractivity contribution in [2.24, 2.45) is 0 Å². The highest BCUT2D eigenvalue weighted by molar-refractivity contribution is 5.91. The van der Waals surface area contributed by atoms with Crippen molar-refractivity contribution >= 4 is 12.0 Å². The van der Waals surface area contributed by atoms with E-state index in [1.807, 2.05) is 48.1 Å². The molecule has 5 heteroatoms. The van der Waals surface area contributed by atoms with Crippen molar-refractivity contribution in [1.29, 1.82) is 0 Å². The van der Waals surface area contributed by atoms with E-state index in [0.717, 1.165) is 23.6 Å². The number of carbonyl (C=O) groups is 1. The minimum Gasteiger partial charge on any atom is -0.497 e. The number of aromatic nitrogens is 2. The van der Waals surface area contributed by atoms with Gasteiger partial charge in [-0.05, 0) is 36.8 Å². The Morgan fingerprint density at radius 2 is 2.05 bits per heavy atom. The summed E-state index contributed by atoms with van der Waals surface area (Å²) >= 11 is 0. The van der Waals surface area contributed by atoms with Crippen LogP contribution in [-0.2, 0) is 17.9 Å². The van der Waals surface area contributed by atoms with Crippen LogP contribution in [0.3, 0.4) is 0 Å². The van der Waals surface area contributed by atoms with Crippen LogP contribution in [0.5, 0.6) is 5.75 Å². The van der Waals surface area contributed by atoms with Gasteiger partial charge in [0.1, 0.15) is 5.75 Å². The fourth-order valence-corrected chi connectivity index (χ4v) is 1.99. The second-order valence-electron chi connectivity index (χ2n) is 4.96. The topological polar surface area (TPSA) is 47.4 Å². The smallest absolute Gasteiger partial charge is 0.246 e. The highest BCUT2D eigenvalue weighted by Gasteiger charge is 2.07. The molecule has 0 saturated heterocycles. The third-order valence-electron chi connectivity index (χ3n) is 3.33. The molecule has 0 aliphatic rings. The van der Waals surface area contributed by atoms with Gasteiger partial charge in [0, 0.05) is 25.9 Å². The van der Waals surface area contributed by atoms with E-state index in [9.17, 15) is 4.79 Å². The van der Waals surface area contributed by atoms with Gasteiger partial charge < -0.3 is 9.64 Å². The van der Waals surface area contributed by atoms with Crippen molar-refractivity contribution < 1.29 is 9.53 Å². The highest BCUT2D eigenvalue weighted by Crippen LogP contribution is 2.12. The maximum atomic E-state index is 12.1. The number of aryl methyl sites for hydroxylation is 1. The second kappa shape index (κ2) is 7.45. The van der Waals surface area contributed by atoms with E-state index < -0.39 is 0 Å². The molecule has 0 saturated carbocycles. The summed E-state index contributed by atoms with van der Waals surface area (Å²) < 4.78 is 6.95. The number of benzene rings is 1. The average molecular weight is 299 g/mol. The molecule has 0 aliphatic heterocycles. The molecule has 0 atom stereocenters. The van der Waals surface area contributed by atoms with Crippen LogP contribution in [0.2, 0.25) is 0 Å². The molecule has 1 aromatic carbocycles. The molecule has 0 N–H and O–H groups in total. The Morgan fingerprint density at radius 3 is 2.64 bits per heavy atom. The van der Waals surface area contributed by atoms with Crippen LogP contribution in [0.4, 0.5) is 0 Å². The minimum atomic E-state index is -0.0538. The molecule has 5 nitrogen and oxygen atoms in total. The standard InChI is InChI=1S/C17H21N3O2/c1-4-20-12-11-15(18-20)13-19(2)17(21)10-7-14-5-8-16(22-3)9-6-14/h5-12H,4,13H2,1-3H3/b10-7+. The molecule has 2 rings (SSSR count). The van der Waals surface area contributed by atoms with Gasteiger partial charge in [0.15, 0.2) is 0 Å². The van der Waals surface area contributed by atoms with E-state index in [1.54, 1.807) is 31.2 Å². The molecule has 1 heterocycles. The van der Waals surface area contributed by atoms with Gasteiger partial charge in [-0.1, -0.05) is 12.1 Å². The van der Waals surface area contributed by atoms with Gasteiger partial charge in [-0.15, -0.1) is 0 Å². The molecule has 0 spiro atoms. The minimum absolute atomic E-state index is 0.0538. The van der Waals surface area contributed by atoms with Crippen molar-refractivity contribution in [3.63, 3.8) is 0 Å². The van der Waals surface area contributed by atoms with Gasteiger partial charge in [-0.25, -0.2) is 0 Å². The Hall–Kier alpha value is -2.56. The number of nitrogens with zero attached hydrogens (tertiary/aromatic N) is 3. The number of likely N-dealkylation sites (N-methyl/N-ethyl adjacent to an activating group) is 1. The Balaban J connectivity index is 1.93. The fourth-order valence-electron chi connectivity index (χ4n) is 1.99. The summed E-state index contributed by atoms with van der Waals surface area (Å²) in [5, 5.41) is 4.37. The Morgan fingerprint density at radius 1 is 1.32 bits per heavy atom. The largest absolute Gasteiger partial charge is 0.497 e. The van der Waals surface area contributed by atoms with Gasteiger partial charge in [0.05, 0.1) is 19.3 Å². The Bertz CT molecular complexity index is 644. The van der Waals surface area contributed by atoms with Gasteiger partial charge in [-0.3, -0.25) is 9.48 Å². The number of hydrogen-bond acceptors (Lipinski definition) is 3. The quantitative estimate of drug-likeness (QED) is 0.770. The third-order valence-corrected chi connectivity index (χ3v) is 3.33. The summed E-state index contributed by atoms with van der Waals surface area (Å²) in [6.45, 7) is 3.36. The lowest BCUT2D eigenvalue weighted by molar-refractivity contribution is -0.125. The predicted molar refractivity (Wildman–Crippen MR) is 86.4 cm³/mol. The van der Waals surface area contributed by atoms with E-state index in [4.69, 9.17) is 4.74 Å². The molecular weight excluding hydrogens is 278 g/mol. The molecular formula is C17H21N3O2. The van der Waals surface area contributed by atoms with E-state index >= 15 is 0 Å². The normalized spacial score (nSPS) is 10.9. The summed E-state index contributed by atoms with van der Waals surface area (Å²) in [6, 6.07) is 9.48. The first kappa shape index (κ1) is 15.8. The summed E-state index contributed by atoms with van der Waals surface area (Å²) in [5.74, 6) is 0.744. The lowest BCUT2D eigenvalue weighted by Crippen LogP contribution is -2.24. The number of carbonyl (C=O) groups excluding carboxylic acids is 1. The van der Waals surface area contributed by atoms with Crippen LogP contribution in [-0.4, -0.2) is 34.7 Å². The summed E-state index contributed by atoms with van der Waals surface area (Å²) in [5.41, 5.74) is 1.84. The van der Waals surface area contributed by atoms with Crippen molar-refractivity contribution in [1.82, 2.24) is 14.7 Å². The predicted octanol–water partition coefficient (Wildman–Crippen LogP) is 2.58. The first-order valence-corrected chi connectivity index (χ1v) is 7.22. The number of methoxy groups -OCH3 is 1. The molecule has 2 aromatic rings. The molecule has 1 aromatic heterocycles. The van der Waals surface area contributed by atoms with Gasteiger partial charge in [-0.2, -0.15) is 5.10 Å². The lowest BCUT2D eigenvalue weighted by Gasteiger charge is -2.13. The molecule has 0 radical (unpaired) electrons. The number of rotatable bonds is 6. The Kier molecular flexibility index (Phi) is 5.36. The van der Waals surface area contributed by atoms with Crippen LogP contribution < -0.4 is 4.74 Å². The monoisotopic (exact) mass is 299 g/mol. The zero-order valence-corrected chi connectivity index (χ0v) is 13.2. The molecule has 0 unspecified atom stereocenters. The van der Waals surface area contributed by atoms with E-state index in [0.29, 0.717) is 6.54 Å². The average Bonchev–Trinajstić information content (AvgIpc) is 3.00. The molecule has 116 valence electrons. The van der Waals surface area contributed by atoms with Crippen LogP contribution in [0.1, 0.15) is 18.2 Å². The molecule has 1 amide bonds. The lowest BCUT2D eigenvalue weighted by atomic mass is 10.2. The Labute approximate surface area is 130 Å². The molecule has 0 bridgehead atoms. The van der Waals surface area contributed by atoms with Gasteiger partial charge in [0.25, 0.3) is 0 Å². The zero-order chi connectivity index (χ0) is 15.9. The van der Waals surface area contributed by atoms with Crippen LogP contribution >= 0.6 is 0 Å². The van der Waals surface area contributed by atoms with E-state index in [1.165, 1.54) is 0 Å². The van der Waals surface area contributed by atoms with Crippen molar-refractivity contribution in [2.75, 3.05) is 14.2 Å². The van der Waals surface area contributed by atoms with Crippen LogP contribution in [0.15, 0.2) is 42.6 Å². The number of ether oxygens (including phenoxy) is 1. The van der Waals surface area contributed by atoms with Crippen molar-refractivity contribution in [2.45, 2.75) is 20.0 Å². The van der Waals surface area contributed by atoms with E-state index in [2.05, 4.69) is 5.10 Å². The zero-order valence-electron chi connectivity index (χ0n) is 13.2. The molecule has 0 aliphatic carbocycles. The number of amides is 1. The number of hydrogen-bond donors (Lipinski definition) is 0. The van der Waals surface area contributed by atoms with Crippen LogP contribution in [0, 0.1) is 0 Å². The first-order chi connectivity index (χ1) is 10.6. The summed E-state index contributed by atoms with van der Waals surface area (Å²) in [4.78, 5) is 13.7. The molecule has 0 fully saturated rings. The SMILES string of the molecule is CCn1ccc(CN(C)C(=O)/C=C/c2ccc(OC)cc2)n1. The highest BCUT2D eigenvalue weighted by atomic mass is 16.5. The van der Waals surface area contributed by atoms with Gasteiger partial charge >= 0.3 is 0 Å². The van der Waals surface area contributed by atoms with E-state index in [-0.39, 0.29) is 5.91 Å². The summed E-state index contributed by atoms with van der Waals surface area (Å²) in [7, 11) is 3.40. The van der Waals surface area contributed by atoms with Gasteiger partial charge in [0.2, 0.25) is 5.91 Å². The summed E-state index contributed by atoms with van der Waals surface area (Å²) in [6.07, 6.45) is 5.28. The fraction of sp³-hybridized carbons (Fsp3) is 0.294. The third kappa shape index (κ3) is 4.22. The molecule has 22 heavy (non-hydrogen) atoms.